The van der Waals surface area contributed by atoms with E-state index in [9.17, 15) is 9.59 Å². The van der Waals surface area contributed by atoms with Gasteiger partial charge in [0.05, 0.1) is 11.3 Å². The lowest BCUT2D eigenvalue weighted by Gasteiger charge is -2.25. The molecule has 3 fully saturated rings. The molecular weight excluding hydrogens is 380 g/mol. The molecule has 3 atom stereocenters. The Balaban J connectivity index is 1.33. The highest BCUT2D eigenvalue weighted by atomic mass is 16.5. The molecule has 158 valence electrons. The highest BCUT2D eigenvalue weighted by Crippen LogP contribution is 2.50. The molecule has 1 saturated carbocycles. The Kier molecular flexibility index (Phi) is 4.83. The summed E-state index contributed by atoms with van der Waals surface area (Å²) in [6, 6.07) is 10.1. The summed E-state index contributed by atoms with van der Waals surface area (Å²) in [6.45, 7) is 4.53. The number of nitrogens with zero attached hydrogens (tertiary/aromatic N) is 4. The van der Waals surface area contributed by atoms with Crippen LogP contribution in [-0.2, 0) is 21.4 Å². The van der Waals surface area contributed by atoms with Crippen molar-refractivity contribution in [1.82, 2.24) is 19.9 Å². The molecule has 2 aliphatic heterocycles. The smallest absolute Gasteiger partial charge is 0.235 e. The molecule has 0 unspecified atom stereocenters. The number of benzene rings is 1. The fourth-order valence-electron chi connectivity index (χ4n) is 5.61. The number of aromatic nitrogens is 2. The molecule has 0 spiro atoms. The number of hydrogen-bond acceptors (Lipinski definition) is 5. The quantitative estimate of drug-likeness (QED) is 0.759. The average Bonchev–Trinajstić information content (AvgIpc) is 3.50. The van der Waals surface area contributed by atoms with Gasteiger partial charge in [0.1, 0.15) is 0 Å². The standard InChI is InChI=1S/C23H28N4O3/c1-2-26-13-17(12-20(26)28)21(29)27-14-18-9-6-10-23(18,15-27)22-24-19(25-30-22)11-16-7-4-3-5-8-16/h3-5,7-8,17-18H,2,6,9-15H2,1H3/t17-,18-,23-/m1/s1. The molecule has 7 heteroatoms. The van der Waals surface area contributed by atoms with Gasteiger partial charge in [0, 0.05) is 39.0 Å². The normalized spacial score (nSPS) is 28.4. The Morgan fingerprint density at radius 3 is 2.87 bits per heavy atom. The van der Waals surface area contributed by atoms with Crippen LogP contribution in [0.1, 0.15) is 49.9 Å². The van der Waals surface area contributed by atoms with Crippen LogP contribution in [0.3, 0.4) is 0 Å². The molecule has 3 heterocycles. The predicted octanol–water partition coefficient (Wildman–Crippen LogP) is 2.41. The van der Waals surface area contributed by atoms with Gasteiger partial charge in [-0.2, -0.15) is 4.98 Å². The molecule has 2 saturated heterocycles. The number of hydrogen-bond donors (Lipinski definition) is 0. The molecule has 0 bridgehead atoms. The lowest BCUT2D eigenvalue weighted by Crippen LogP contribution is -2.38. The Labute approximate surface area is 176 Å². The Bertz CT molecular complexity index is 943. The van der Waals surface area contributed by atoms with Crippen LogP contribution in [0.5, 0.6) is 0 Å². The molecule has 30 heavy (non-hydrogen) atoms. The Hall–Kier alpha value is -2.70. The first-order chi connectivity index (χ1) is 14.6. The van der Waals surface area contributed by atoms with Crippen LogP contribution in [0.15, 0.2) is 34.9 Å². The molecule has 0 radical (unpaired) electrons. The number of fused-ring (bicyclic) bond motifs is 1. The third kappa shape index (κ3) is 3.20. The van der Waals surface area contributed by atoms with Crippen LogP contribution in [0.2, 0.25) is 0 Å². The highest BCUT2D eigenvalue weighted by Gasteiger charge is 2.56. The van der Waals surface area contributed by atoms with Crippen molar-refractivity contribution in [2.45, 2.75) is 44.4 Å². The zero-order chi connectivity index (χ0) is 20.7. The van der Waals surface area contributed by atoms with E-state index in [0.29, 0.717) is 50.1 Å². The Morgan fingerprint density at radius 1 is 1.27 bits per heavy atom. The van der Waals surface area contributed by atoms with Crippen molar-refractivity contribution in [2.24, 2.45) is 11.8 Å². The first-order valence-electron chi connectivity index (χ1n) is 11.0. The number of rotatable bonds is 5. The lowest BCUT2D eigenvalue weighted by molar-refractivity contribution is -0.135. The van der Waals surface area contributed by atoms with E-state index in [4.69, 9.17) is 9.51 Å². The fraction of sp³-hybridized carbons (Fsp3) is 0.565. The molecule has 2 aromatic rings. The summed E-state index contributed by atoms with van der Waals surface area (Å²) in [5.41, 5.74) is 0.921. The van der Waals surface area contributed by atoms with Gasteiger partial charge in [-0.1, -0.05) is 41.9 Å². The third-order valence-electron chi connectivity index (χ3n) is 7.23. The van der Waals surface area contributed by atoms with E-state index >= 15 is 0 Å². The summed E-state index contributed by atoms with van der Waals surface area (Å²) in [5, 5.41) is 4.25. The number of carbonyl (C=O) groups excluding carboxylic acids is 2. The second kappa shape index (κ2) is 7.52. The van der Waals surface area contributed by atoms with E-state index in [2.05, 4.69) is 17.3 Å². The van der Waals surface area contributed by atoms with E-state index in [1.54, 1.807) is 4.90 Å². The van der Waals surface area contributed by atoms with Gasteiger partial charge in [-0.05, 0) is 31.2 Å². The maximum atomic E-state index is 13.2. The number of amides is 2. The van der Waals surface area contributed by atoms with Crippen molar-refractivity contribution in [1.29, 1.82) is 0 Å². The fourth-order valence-corrected chi connectivity index (χ4v) is 5.61. The van der Waals surface area contributed by atoms with Crippen LogP contribution in [-0.4, -0.2) is 57.9 Å². The molecule has 2 amide bonds. The molecular formula is C23H28N4O3. The van der Waals surface area contributed by atoms with Crippen molar-refractivity contribution in [3.8, 4) is 0 Å². The lowest BCUT2D eigenvalue weighted by atomic mass is 9.80. The minimum atomic E-state index is -0.231. The van der Waals surface area contributed by atoms with Gasteiger partial charge in [0.25, 0.3) is 0 Å². The molecule has 7 nitrogen and oxygen atoms in total. The minimum absolute atomic E-state index is 0.0902. The largest absolute Gasteiger partial charge is 0.342 e. The maximum Gasteiger partial charge on any atom is 0.235 e. The second-order valence-electron chi connectivity index (χ2n) is 8.98. The van der Waals surface area contributed by atoms with Gasteiger partial charge in [0.2, 0.25) is 17.7 Å². The Morgan fingerprint density at radius 2 is 2.10 bits per heavy atom. The van der Waals surface area contributed by atoms with Crippen molar-refractivity contribution in [3.05, 3.63) is 47.6 Å². The summed E-state index contributed by atoms with van der Waals surface area (Å²) in [6.07, 6.45) is 4.14. The summed E-state index contributed by atoms with van der Waals surface area (Å²) < 4.78 is 5.77. The molecule has 1 aromatic heterocycles. The van der Waals surface area contributed by atoms with Gasteiger partial charge in [-0.3, -0.25) is 9.59 Å². The van der Waals surface area contributed by atoms with Crippen LogP contribution in [0.4, 0.5) is 0 Å². The van der Waals surface area contributed by atoms with Gasteiger partial charge in [0.15, 0.2) is 5.82 Å². The van der Waals surface area contributed by atoms with E-state index < -0.39 is 0 Å². The molecule has 1 aromatic carbocycles. The first-order valence-corrected chi connectivity index (χ1v) is 11.0. The first kappa shape index (κ1) is 19.3. The monoisotopic (exact) mass is 408 g/mol. The van der Waals surface area contributed by atoms with Crippen LogP contribution >= 0.6 is 0 Å². The van der Waals surface area contributed by atoms with E-state index in [1.807, 2.05) is 30.0 Å². The topological polar surface area (TPSA) is 79.5 Å². The minimum Gasteiger partial charge on any atom is -0.342 e. The summed E-state index contributed by atoms with van der Waals surface area (Å²) >= 11 is 0. The van der Waals surface area contributed by atoms with E-state index in [0.717, 1.165) is 31.4 Å². The zero-order valence-corrected chi connectivity index (χ0v) is 17.4. The number of carbonyl (C=O) groups is 2. The molecule has 5 rings (SSSR count). The van der Waals surface area contributed by atoms with Crippen molar-refractivity contribution < 1.29 is 14.1 Å². The molecule has 3 aliphatic rings. The van der Waals surface area contributed by atoms with Crippen LogP contribution < -0.4 is 0 Å². The van der Waals surface area contributed by atoms with Gasteiger partial charge < -0.3 is 14.3 Å². The second-order valence-corrected chi connectivity index (χ2v) is 8.98. The summed E-state index contributed by atoms with van der Waals surface area (Å²) in [5.74, 6) is 1.71. The molecule has 1 aliphatic carbocycles. The van der Waals surface area contributed by atoms with E-state index in [1.165, 1.54) is 0 Å². The maximum absolute atomic E-state index is 13.2. The van der Waals surface area contributed by atoms with Gasteiger partial charge in [-0.25, -0.2) is 0 Å². The van der Waals surface area contributed by atoms with Crippen LogP contribution in [0, 0.1) is 11.8 Å². The van der Waals surface area contributed by atoms with Gasteiger partial charge in [-0.15, -0.1) is 0 Å². The summed E-state index contributed by atoms with van der Waals surface area (Å²) in [7, 11) is 0. The zero-order valence-electron chi connectivity index (χ0n) is 17.4. The van der Waals surface area contributed by atoms with Crippen LogP contribution in [0.25, 0.3) is 0 Å². The SMILES string of the molecule is CCN1C[C@H](C(=O)N2C[C@H]3CCC[C@@]3(c3nc(Cc4ccccc4)no3)C2)CC1=O. The van der Waals surface area contributed by atoms with Gasteiger partial charge >= 0.3 is 0 Å². The van der Waals surface area contributed by atoms with Crippen molar-refractivity contribution >= 4 is 11.8 Å². The van der Waals surface area contributed by atoms with Crippen molar-refractivity contribution in [2.75, 3.05) is 26.2 Å². The average molecular weight is 409 g/mol. The molecule has 0 N–H and O–H groups in total. The van der Waals surface area contributed by atoms with Crippen molar-refractivity contribution in [3.63, 3.8) is 0 Å². The van der Waals surface area contributed by atoms with E-state index in [-0.39, 0.29) is 23.1 Å². The highest BCUT2D eigenvalue weighted by molar-refractivity contribution is 5.89. The summed E-state index contributed by atoms with van der Waals surface area (Å²) in [4.78, 5) is 33.8. The third-order valence-corrected chi connectivity index (χ3v) is 7.23. The number of likely N-dealkylation sites (tertiary alicyclic amines) is 2. The predicted molar refractivity (Wildman–Crippen MR) is 110 cm³/mol.